The van der Waals surface area contributed by atoms with Crippen LogP contribution in [0.25, 0.3) is 11.3 Å². The zero-order chi connectivity index (χ0) is 15.1. The van der Waals surface area contributed by atoms with Crippen molar-refractivity contribution < 1.29 is 14.3 Å². The number of halogens is 1. The highest BCUT2D eigenvalue weighted by Gasteiger charge is 2.22. The first-order chi connectivity index (χ1) is 9.20. The lowest BCUT2D eigenvalue weighted by atomic mass is 10.1. The summed E-state index contributed by atoms with van der Waals surface area (Å²) in [6.45, 7) is 7.42. The van der Waals surface area contributed by atoms with Crippen LogP contribution >= 0.6 is 0 Å². The van der Waals surface area contributed by atoms with E-state index < -0.39 is 5.97 Å². The van der Waals surface area contributed by atoms with Crippen molar-refractivity contribution in [2.24, 2.45) is 0 Å². The molecule has 1 N–H and O–H groups in total. The first-order valence-corrected chi connectivity index (χ1v) is 6.30. The highest BCUT2D eigenvalue weighted by atomic mass is 19.1. The van der Waals surface area contributed by atoms with E-state index >= 15 is 0 Å². The van der Waals surface area contributed by atoms with Gasteiger partial charge in [-0.15, -0.1) is 0 Å². The van der Waals surface area contributed by atoms with Crippen molar-refractivity contribution in [2.75, 3.05) is 0 Å². The van der Waals surface area contributed by atoms with E-state index in [0.717, 1.165) is 0 Å². The summed E-state index contributed by atoms with van der Waals surface area (Å²) < 4.78 is 15.2. The Hall–Kier alpha value is -2.17. The van der Waals surface area contributed by atoms with E-state index in [2.05, 4.69) is 5.10 Å². The van der Waals surface area contributed by atoms with Crippen LogP contribution < -0.4 is 0 Å². The molecule has 2 rings (SSSR count). The van der Waals surface area contributed by atoms with E-state index in [4.69, 9.17) is 0 Å². The third-order valence-electron chi connectivity index (χ3n) is 3.08. The van der Waals surface area contributed by atoms with Crippen LogP contribution in [0.2, 0.25) is 0 Å². The largest absolute Gasteiger partial charge is 0.478 e. The van der Waals surface area contributed by atoms with Crippen LogP contribution in [0.3, 0.4) is 0 Å². The monoisotopic (exact) mass is 276 g/mol. The molecule has 0 fully saturated rings. The quantitative estimate of drug-likeness (QED) is 0.914. The summed E-state index contributed by atoms with van der Waals surface area (Å²) in [6, 6.07) is 4.61. The molecule has 4 nitrogen and oxygen atoms in total. The van der Waals surface area contributed by atoms with Gasteiger partial charge in [-0.05, 0) is 39.3 Å². The molecule has 0 aliphatic heterocycles. The third-order valence-corrected chi connectivity index (χ3v) is 3.08. The molecule has 106 valence electrons. The van der Waals surface area contributed by atoms with Crippen LogP contribution in [0.5, 0.6) is 0 Å². The number of benzene rings is 1. The second-order valence-electron chi connectivity index (χ2n) is 5.78. The van der Waals surface area contributed by atoms with Crippen molar-refractivity contribution >= 4 is 5.97 Å². The van der Waals surface area contributed by atoms with E-state index in [9.17, 15) is 14.3 Å². The van der Waals surface area contributed by atoms with Gasteiger partial charge < -0.3 is 5.11 Å². The Bertz CT molecular complexity index is 669. The minimum absolute atomic E-state index is 0.0724. The van der Waals surface area contributed by atoms with Crippen LogP contribution in [-0.4, -0.2) is 20.9 Å². The highest BCUT2D eigenvalue weighted by Crippen LogP contribution is 2.26. The minimum atomic E-state index is -1.07. The summed E-state index contributed by atoms with van der Waals surface area (Å²) in [4.78, 5) is 11.3. The molecule has 0 aliphatic rings. The molecule has 1 aromatic heterocycles. The molecule has 0 radical (unpaired) electrons. The molecule has 1 heterocycles. The number of hydrogen-bond donors (Lipinski definition) is 1. The maximum Gasteiger partial charge on any atom is 0.339 e. The second kappa shape index (κ2) is 4.74. The smallest absolute Gasteiger partial charge is 0.339 e. The first kappa shape index (κ1) is 14.2. The third kappa shape index (κ3) is 2.57. The summed E-state index contributed by atoms with van der Waals surface area (Å²) in [5.41, 5.74) is 0.995. The molecule has 0 bridgehead atoms. The fourth-order valence-electron chi connectivity index (χ4n) is 1.83. The lowest BCUT2D eigenvalue weighted by Crippen LogP contribution is -2.22. The van der Waals surface area contributed by atoms with E-state index in [1.165, 1.54) is 12.3 Å². The van der Waals surface area contributed by atoms with Crippen molar-refractivity contribution in [3.8, 4) is 11.3 Å². The van der Waals surface area contributed by atoms with Crippen LogP contribution in [0.15, 0.2) is 24.4 Å². The topological polar surface area (TPSA) is 55.1 Å². The number of carboxylic acid groups (broad SMARTS) is 1. The SMILES string of the molecule is Cc1ccc(-c2nn(C(C)(C)C)cc2C(=O)O)cc1F. The van der Waals surface area contributed by atoms with Crippen molar-refractivity contribution in [3.05, 3.63) is 41.3 Å². The molecule has 0 atom stereocenters. The Kier molecular flexibility index (Phi) is 3.38. The number of aryl methyl sites for hydroxylation is 1. The predicted molar refractivity (Wildman–Crippen MR) is 74.3 cm³/mol. The number of rotatable bonds is 2. The Morgan fingerprint density at radius 2 is 2.00 bits per heavy atom. The molecular formula is C15H17FN2O2. The minimum Gasteiger partial charge on any atom is -0.478 e. The number of hydrogen-bond acceptors (Lipinski definition) is 2. The van der Waals surface area contributed by atoms with Crippen LogP contribution in [-0.2, 0) is 5.54 Å². The summed E-state index contributed by atoms with van der Waals surface area (Å²) in [7, 11) is 0. The van der Waals surface area contributed by atoms with Gasteiger partial charge in [-0.3, -0.25) is 4.68 Å². The summed E-state index contributed by atoms with van der Waals surface area (Å²) in [6.07, 6.45) is 1.48. The number of carboxylic acids is 1. The van der Waals surface area contributed by atoms with E-state index in [0.29, 0.717) is 11.1 Å². The Labute approximate surface area is 116 Å². The Balaban J connectivity index is 2.63. The van der Waals surface area contributed by atoms with Crippen LogP contribution in [0.4, 0.5) is 4.39 Å². The van der Waals surface area contributed by atoms with Crippen molar-refractivity contribution in [1.82, 2.24) is 9.78 Å². The van der Waals surface area contributed by atoms with Crippen molar-refractivity contribution in [1.29, 1.82) is 0 Å². The Morgan fingerprint density at radius 1 is 1.35 bits per heavy atom. The van der Waals surface area contributed by atoms with E-state index in [1.807, 2.05) is 20.8 Å². The molecule has 5 heteroatoms. The molecule has 0 spiro atoms. The zero-order valence-electron chi connectivity index (χ0n) is 11.9. The summed E-state index contributed by atoms with van der Waals surface area (Å²) in [5.74, 6) is -1.44. The molecule has 0 amide bonds. The van der Waals surface area contributed by atoms with Gasteiger partial charge in [-0.2, -0.15) is 5.10 Å². The molecule has 0 saturated carbocycles. The standard InChI is InChI=1S/C15H17FN2O2/c1-9-5-6-10(7-12(9)16)13-11(14(19)20)8-18(17-13)15(2,3)4/h5-8H,1-4H3,(H,19,20). The van der Waals surface area contributed by atoms with Gasteiger partial charge in [0.15, 0.2) is 0 Å². The molecule has 0 unspecified atom stereocenters. The molecular weight excluding hydrogens is 259 g/mol. The van der Waals surface area contributed by atoms with Gasteiger partial charge in [-0.1, -0.05) is 12.1 Å². The van der Waals surface area contributed by atoms with Crippen molar-refractivity contribution in [3.63, 3.8) is 0 Å². The zero-order valence-corrected chi connectivity index (χ0v) is 11.9. The fourth-order valence-corrected chi connectivity index (χ4v) is 1.83. The average molecular weight is 276 g/mol. The highest BCUT2D eigenvalue weighted by molar-refractivity contribution is 5.94. The number of nitrogens with zero attached hydrogens (tertiary/aromatic N) is 2. The fraction of sp³-hybridized carbons (Fsp3) is 0.333. The van der Waals surface area contributed by atoms with Gasteiger partial charge >= 0.3 is 5.97 Å². The van der Waals surface area contributed by atoms with E-state index in [-0.39, 0.29) is 22.6 Å². The summed E-state index contributed by atoms with van der Waals surface area (Å²) in [5, 5.41) is 13.6. The average Bonchev–Trinajstić information content (AvgIpc) is 2.77. The maximum absolute atomic E-state index is 13.7. The second-order valence-corrected chi connectivity index (χ2v) is 5.78. The summed E-state index contributed by atoms with van der Waals surface area (Å²) >= 11 is 0. The molecule has 1 aromatic carbocycles. The molecule has 2 aromatic rings. The van der Waals surface area contributed by atoms with Gasteiger partial charge in [-0.25, -0.2) is 9.18 Å². The van der Waals surface area contributed by atoms with Gasteiger partial charge in [0.1, 0.15) is 17.1 Å². The predicted octanol–water partition coefficient (Wildman–Crippen LogP) is 3.45. The first-order valence-electron chi connectivity index (χ1n) is 6.30. The lowest BCUT2D eigenvalue weighted by Gasteiger charge is -2.18. The maximum atomic E-state index is 13.7. The molecule has 0 aliphatic carbocycles. The number of carbonyl (C=O) groups is 1. The number of aromatic carboxylic acids is 1. The molecule has 20 heavy (non-hydrogen) atoms. The van der Waals surface area contributed by atoms with Gasteiger partial charge in [0.25, 0.3) is 0 Å². The van der Waals surface area contributed by atoms with Gasteiger partial charge in [0.2, 0.25) is 0 Å². The van der Waals surface area contributed by atoms with Crippen molar-refractivity contribution in [2.45, 2.75) is 33.2 Å². The number of aromatic nitrogens is 2. The van der Waals surface area contributed by atoms with Crippen LogP contribution in [0, 0.1) is 12.7 Å². The van der Waals surface area contributed by atoms with E-state index in [1.54, 1.807) is 23.7 Å². The van der Waals surface area contributed by atoms with Gasteiger partial charge in [0, 0.05) is 11.8 Å². The van der Waals surface area contributed by atoms with Crippen LogP contribution in [0.1, 0.15) is 36.7 Å². The lowest BCUT2D eigenvalue weighted by molar-refractivity contribution is 0.0697. The normalized spacial score (nSPS) is 11.7. The van der Waals surface area contributed by atoms with Gasteiger partial charge in [0.05, 0.1) is 5.54 Å². The molecule has 0 saturated heterocycles. The Morgan fingerprint density at radius 3 is 2.50 bits per heavy atom.